The molecule has 0 radical (unpaired) electrons. The van der Waals surface area contributed by atoms with Crippen LogP contribution in [0.25, 0.3) is 0 Å². The number of nitrogens with one attached hydrogen (secondary N) is 2. The molecule has 1 aromatic rings. The van der Waals surface area contributed by atoms with Crippen LogP contribution in [0.1, 0.15) is 70.0 Å². The summed E-state index contributed by atoms with van der Waals surface area (Å²) >= 11 is 0. The van der Waals surface area contributed by atoms with Crippen molar-refractivity contribution in [1.29, 1.82) is 0 Å². The Morgan fingerprint density at radius 2 is 1.85 bits per heavy atom. The highest BCUT2D eigenvalue weighted by molar-refractivity contribution is 5.78. The lowest BCUT2D eigenvalue weighted by molar-refractivity contribution is -0.125. The number of pyridine rings is 1. The molecule has 2 saturated carbocycles. The zero-order valence-corrected chi connectivity index (χ0v) is 15.7. The third-order valence-corrected chi connectivity index (χ3v) is 6.02. The van der Waals surface area contributed by atoms with E-state index < -0.39 is 0 Å². The van der Waals surface area contributed by atoms with Gasteiger partial charge in [0.15, 0.2) is 0 Å². The van der Waals surface area contributed by atoms with Crippen molar-refractivity contribution >= 4 is 11.8 Å². The molecule has 1 heterocycles. The predicted octanol–water partition coefficient (Wildman–Crippen LogP) is 3.37. The molecule has 0 spiro atoms. The van der Waals surface area contributed by atoms with Crippen LogP contribution < -0.4 is 10.6 Å². The normalized spacial score (nSPS) is 24.8. The average molecular weight is 357 g/mol. The first-order valence-corrected chi connectivity index (χ1v) is 10.1. The first-order chi connectivity index (χ1) is 12.6. The van der Waals surface area contributed by atoms with Crippen molar-refractivity contribution in [2.45, 2.75) is 64.3 Å². The maximum Gasteiger partial charge on any atom is 0.223 e. The van der Waals surface area contributed by atoms with Gasteiger partial charge in [0.25, 0.3) is 0 Å². The molecule has 0 unspecified atom stereocenters. The van der Waals surface area contributed by atoms with Crippen LogP contribution >= 0.6 is 0 Å². The Hall–Kier alpha value is -1.91. The largest absolute Gasteiger partial charge is 0.356 e. The smallest absolute Gasteiger partial charge is 0.223 e. The van der Waals surface area contributed by atoms with Crippen molar-refractivity contribution < 1.29 is 9.59 Å². The van der Waals surface area contributed by atoms with Gasteiger partial charge in [0.05, 0.1) is 11.7 Å². The summed E-state index contributed by atoms with van der Waals surface area (Å²) in [5.74, 6) is 1.47. The van der Waals surface area contributed by atoms with Gasteiger partial charge in [0, 0.05) is 25.6 Å². The van der Waals surface area contributed by atoms with Crippen LogP contribution in [0.15, 0.2) is 24.4 Å². The zero-order valence-electron chi connectivity index (χ0n) is 15.7. The molecule has 2 aliphatic rings. The van der Waals surface area contributed by atoms with Gasteiger partial charge in [-0.3, -0.25) is 14.6 Å². The fourth-order valence-electron chi connectivity index (χ4n) is 4.52. The molecule has 2 amide bonds. The van der Waals surface area contributed by atoms with Gasteiger partial charge in [-0.2, -0.15) is 0 Å². The van der Waals surface area contributed by atoms with E-state index in [9.17, 15) is 9.59 Å². The van der Waals surface area contributed by atoms with Crippen LogP contribution in [0.2, 0.25) is 0 Å². The molecule has 2 aliphatic carbocycles. The van der Waals surface area contributed by atoms with E-state index in [-0.39, 0.29) is 23.8 Å². The predicted molar refractivity (Wildman–Crippen MR) is 101 cm³/mol. The highest BCUT2D eigenvalue weighted by Crippen LogP contribution is 2.36. The number of rotatable bonds is 6. The lowest BCUT2D eigenvalue weighted by Crippen LogP contribution is -2.37. The summed E-state index contributed by atoms with van der Waals surface area (Å²) in [6.45, 7) is 2.37. The highest BCUT2D eigenvalue weighted by Gasteiger charge is 2.30. The summed E-state index contributed by atoms with van der Waals surface area (Å²) < 4.78 is 0. The van der Waals surface area contributed by atoms with E-state index in [4.69, 9.17) is 0 Å². The minimum Gasteiger partial charge on any atom is -0.356 e. The van der Waals surface area contributed by atoms with E-state index in [0.717, 1.165) is 50.8 Å². The second-order valence-electron chi connectivity index (χ2n) is 7.94. The van der Waals surface area contributed by atoms with Crippen LogP contribution in [0.3, 0.4) is 0 Å². The summed E-state index contributed by atoms with van der Waals surface area (Å²) in [5, 5.41) is 6.28. The quantitative estimate of drug-likeness (QED) is 0.820. The molecule has 142 valence electrons. The molecule has 5 nitrogen and oxygen atoms in total. The summed E-state index contributed by atoms with van der Waals surface area (Å²) in [6.07, 6.45) is 10.6. The van der Waals surface area contributed by atoms with Crippen molar-refractivity contribution in [1.82, 2.24) is 15.6 Å². The Morgan fingerprint density at radius 3 is 2.46 bits per heavy atom. The first-order valence-electron chi connectivity index (χ1n) is 10.1. The second kappa shape index (κ2) is 9.15. The van der Waals surface area contributed by atoms with Gasteiger partial charge in [-0.1, -0.05) is 18.9 Å². The SMILES string of the molecule is CC(=O)N[C@@H](c1ccccn1)C1CCC(CNC(=O)C2CCCC2)CC1. The lowest BCUT2D eigenvalue weighted by atomic mass is 9.77. The van der Waals surface area contributed by atoms with Crippen LogP contribution in [-0.2, 0) is 9.59 Å². The van der Waals surface area contributed by atoms with Crippen molar-refractivity contribution in [2.24, 2.45) is 17.8 Å². The molecule has 2 fully saturated rings. The van der Waals surface area contributed by atoms with Crippen molar-refractivity contribution in [2.75, 3.05) is 6.54 Å². The zero-order chi connectivity index (χ0) is 18.4. The maximum absolute atomic E-state index is 12.2. The fourth-order valence-corrected chi connectivity index (χ4v) is 4.52. The second-order valence-corrected chi connectivity index (χ2v) is 7.94. The van der Waals surface area contributed by atoms with E-state index in [1.54, 1.807) is 13.1 Å². The van der Waals surface area contributed by atoms with Gasteiger partial charge in [0.2, 0.25) is 11.8 Å². The Morgan fingerprint density at radius 1 is 1.12 bits per heavy atom. The number of nitrogens with zero attached hydrogens (tertiary/aromatic N) is 1. The number of carbonyl (C=O) groups is 2. The topological polar surface area (TPSA) is 71.1 Å². The number of aromatic nitrogens is 1. The van der Waals surface area contributed by atoms with Gasteiger partial charge < -0.3 is 10.6 Å². The van der Waals surface area contributed by atoms with E-state index in [0.29, 0.717) is 11.8 Å². The molecule has 0 bridgehead atoms. The molecular weight excluding hydrogens is 326 g/mol. The summed E-state index contributed by atoms with van der Waals surface area (Å²) in [6, 6.07) is 5.86. The molecule has 1 aromatic heterocycles. The Bertz CT molecular complexity index is 591. The minimum absolute atomic E-state index is 0.00777. The average Bonchev–Trinajstić information content (AvgIpc) is 3.20. The molecule has 3 rings (SSSR count). The molecule has 2 N–H and O–H groups in total. The van der Waals surface area contributed by atoms with E-state index >= 15 is 0 Å². The number of hydrogen-bond acceptors (Lipinski definition) is 3. The van der Waals surface area contributed by atoms with Crippen LogP contribution in [0, 0.1) is 17.8 Å². The fraction of sp³-hybridized carbons (Fsp3) is 0.667. The number of amides is 2. The molecule has 26 heavy (non-hydrogen) atoms. The third kappa shape index (κ3) is 5.05. The number of hydrogen-bond donors (Lipinski definition) is 2. The monoisotopic (exact) mass is 357 g/mol. The van der Waals surface area contributed by atoms with Gasteiger partial charge in [-0.25, -0.2) is 0 Å². The standard InChI is InChI=1S/C21H31N3O2/c1-15(25)24-20(19-8-4-5-13-22-19)17-11-9-16(10-12-17)14-23-21(26)18-6-2-3-7-18/h4-5,8,13,16-18,20H,2-3,6-7,9-12,14H2,1H3,(H,23,26)(H,24,25)/t16?,17?,20-/m1/s1. The minimum atomic E-state index is -0.0114. The van der Waals surface area contributed by atoms with Gasteiger partial charge in [0.1, 0.15) is 0 Å². The first kappa shape index (κ1) is 18.9. The van der Waals surface area contributed by atoms with Gasteiger partial charge in [-0.05, 0) is 62.5 Å². The Kier molecular flexibility index (Phi) is 6.64. The van der Waals surface area contributed by atoms with E-state index in [2.05, 4.69) is 15.6 Å². The Balaban J connectivity index is 1.49. The van der Waals surface area contributed by atoms with Crippen LogP contribution in [0.5, 0.6) is 0 Å². The van der Waals surface area contributed by atoms with Crippen LogP contribution in [0.4, 0.5) is 0 Å². The van der Waals surface area contributed by atoms with Gasteiger partial charge >= 0.3 is 0 Å². The highest BCUT2D eigenvalue weighted by atomic mass is 16.2. The van der Waals surface area contributed by atoms with Crippen molar-refractivity contribution in [3.05, 3.63) is 30.1 Å². The Labute approximate surface area is 156 Å². The molecule has 1 atom stereocenters. The molecule has 5 heteroatoms. The van der Waals surface area contributed by atoms with Gasteiger partial charge in [-0.15, -0.1) is 0 Å². The molecule has 0 aromatic carbocycles. The summed E-state index contributed by atoms with van der Waals surface area (Å²) in [4.78, 5) is 28.3. The van der Waals surface area contributed by atoms with E-state index in [1.165, 1.54) is 12.8 Å². The van der Waals surface area contributed by atoms with Crippen molar-refractivity contribution in [3.8, 4) is 0 Å². The van der Waals surface area contributed by atoms with E-state index in [1.807, 2.05) is 18.2 Å². The summed E-state index contributed by atoms with van der Waals surface area (Å²) in [7, 11) is 0. The van der Waals surface area contributed by atoms with Crippen LogP contribution in [-0.4, -0.2) is 23.3 Å². The summed E-state index contributed by atoms with van der Waals surface area (Å²) in [5.41, 5.74) is 0.945. The lowest BCUT2D eigenvalue weighted by Gasteiger charge is -2.34. The maximum atomic E-state index is 12.2. The van der Waals surface area contributed by atoms with Crippen molar-refractivity contribution in [3.63, 3.8) is 0 Å². The number of carbonyl (C=O) groups excluding carboxylic acids is 2. The molecule has 0 saturated heterocycles. The molecule has 0 aliphatic heterocycles. The molecular formula is C21H31N3O2. The third-order valence-electron chi connectivity index (χ3n) is 6.02.